The molecule has 4 nitrogen and oxygen atoms in total. The van der Waals surface area contributed by atoms with Crippen LogP contribution in [-0.4, -0.2) is 42.6 Å². The van der Waals surface area contributed by atoms with E-state index in [1.54, 1.807) is 0 Å². The van der Waals surface area contributed by atoms with Crippen LogP contribution in [0, 0.1) is 0 Å². The fourth-order valence-electron chi connectivity index (χ4n) is 3.38. The molecule has 2 N–H and O–H groups in total. The maximum Gasteiger partial charge on any atom is 0.196 e. The fourth-order valence-corrected chi connectivity index (χ4v) is 3.85. The van der Waals surface area contributed by atoms with Crippen LogP contribution in [0.15, 0.2) is 33.7 Å². The zero-order chi connectivity index (χ0) is 14.3. The molecule has 1 aromatic rings. The second kappa shape index (κ2) is 5.04. The molecule has 2 atom stereocenters. The van der Waals surface area contributed by atoms with E-state index in [9.17, 15) is 0 Å². The smallest absolute Gasteiger partial charge is 0.196 e. The van der Waals surface area contributed by atoms with Crippen molar-refractivity contribution in [3.8, 4) is 0 Å². The molecule has 2 unspecified atom stereocenters. The number of anilines is 1. The van der Waals surface area contributed by atoms with Gasteiger partial charge in [0.15, 0.2) is 5.96 Å². The van der Waals surface area contributed by atoms with E-state index in [0.29, 0.717) is 12.0 Å². The molecule has 0 saturated carbocycles. The van der Waals surface area contributed by atoms with Crippen LogP contribution < -0.4 is 10.6 Å². The molecule has 2 heterocycles. The Morgan fingerprint density at radius 3 is 2.85 bits per heavy atom. The van der Waals surface area contributed by atoms with E-state index in [2.05, 4.69) is 62.9 Å². The van der Waals surface area contributed by atoms with Crippen LogP contribution in [0.1, 0.15) is 19.8 Å². The number of hydrogen-bond acceptors (Lipinski definition) is 4. The lowest BCUT2D eigenvalue weighted by Gasteiger charge is -2.47. The highest BCUT2D eigenvalue weighted by Crippen LogP contribution is 2.40. The Hall–Kier alpha value is -1.07. The van der Waals surface area contributed by atoms with Crippen molar-refractivity contribution in [2.75, 3.05) is 25.0 Å². The third kappa shape index (κ3) is 2.13. The zero-order valence-electron chi connectivity index (χ0n) is 12.0. The molecule has 0 aromatic heterocycles. The first-order chi connectivity index (χ1) is 9.53. The summed E-state index contributed by atoms with van der Waals surface area (Å²) in [7, 11) is 2.19. The summed E-state index contributed by atoms with van der Waals surface area (Å²) in [4.78, 5) is 9.22. The summed E-state index contributed by atoms with van der Waals surface area (Å²) in [6.45, 7) is 4.18. The Kier molecular flexibility index (Phi) is 3.50. The second-order valence-electron chi connectivity index (χ2n) is 5.97. The highest BCUT2D eigenvalue weighted by molar-refractivity contribution is 9.10. The van der Waals surface area contributed by atoms with Gasteiger partial charge in [0.1, 0.15) is 0 Å². The summed E-state index contributed by atoms with van der Waals surface area (Å²) in [5.74, 6) is 0.647. The molecular weight excluding hydrogens is 316 g/mol. The Balaban J connectivity index is 1.99. The van der Waals surface area contributed by atoms with Crippen LogP contribution in [0.2, 0.25) is 0 Å². The number of likely N-dealkylation sites (tertiary alicyclic amines) is 1. The number of aliphatic imine (C=N–C) groups is 1. The van der Waals surface area contributed by atoms with Crippen molar-refractivity contribution in [2.24, 2.45) is 10.7 Å². The molecule has 0 bridgehead atoms. The Morgan fingerprint density at radius 2 is 2.15 bits per heavy atom. The number of guanidine groups is 1. The van der Waals surface area contributed by atoms with Crippen molar-refractivity contribution < 1.29 is 0 Å². The fraction of sp³-hybridized carbons (Fsp3) is 0.533. The van der Waals surface area contributed by atoms with Crippen molar-refractivity contribution in [2.45, 2.75) is 31.3 Å². The standard InChI is InChI=1S/C15H21BrN4/c1-11-9-15(7-8-19(11)2)10-18-14(17)20(15)13-6-4-3-5-12(13)16/h3-6,11H,7-10H2,1-2H3,(H2,17,18). The highest BCUT2D eigenvalue weighted by Gasteiger charge is 2.47. The minimum atomic E-state index is 0.0416. The minimum absolute atomic E-state index is 0.0416. The third-order valence-corrected chi connectivity index (χ3v) is 5.36. The molecule has 2 aliphatic rings. The lowest BCUT2D eigenvalue weighted by Crippen LogP contribution is -2.59. The zero-order valence-corrected chi connectivity index (χ0v) is 13.6. The van der Waals surface area contributed by atoms with Gasteiger partial charge in [0.05, 0.1) is 17.8 Å². The molecule has 1 fully saturated rings. The summed E-state index contributed by atoms with van der Waals surface area (Å²) in [6.07, 6.45) is 2.19. The lowest BCUT2D eigenvalue weighted by molar-refractivity contribution is 0.141. The first-order valence-corrected chi connectivity index (χ1v) is 7.88. The topological polar surface area (TPSA) is 44.9 Å². The number of rotatable bonds is 1. The Morgan fingerprint density at radius 1 is 1.40 bits per heavy atom. The van der Waals surface area contributed by atoms with Gasteiger partial charge < -0.3 is 15.5 Å². The number of nitrogens with two attached hydrogens (primary N) is 1. The molecule has 108 valence electrons. The number of para-hydroxylation sites is 1. The van der Waals surface area contributed by atoms with Crippen molar-refractivity contribution in [1.29, 1.82) is 0 Å². The van der Waals surface area contributed by atoms with Gasteiger partial charge >= 0.3 is 0 Å². The average molecular weight is 337 g/mol. The summed E-state index contributed by atoms with van der Waals surface area (Å²) in [5, 5.41) is 0. The number of benzene rings is 1. The van der Waals surface area contributed by atoms with Gasteiger partial charge in [0.25, 0.3) is 0 Å². The lowest BCUT2D eigenvalue weighted by atomic mass is 9.82. The molecule has 0 amide bonds. The summed E-state index contributed by atoms with van der Waals surface area (Å²) in [6, 6.07) is 8.81. The van der Waals surface area contributed by atoms with E-state index in [1.165, 1.54) is 0 Å². The molecule has 20 heavy (non-hydrogen) atoms. The van der Waals surface area contributed by atoms with Gasteiger partial charge in [-0.25, -0.2) is 0 Å². The van der Waals surface area contributed by atoms with E-state index in [0.717, 1.165) is 36.1 Å². The molecule has 1 saturated heterocycles. The average Bonchev–Trinajstić information content (AvgIpc) is 2.73. The van der Waals surface area contributed by atoms with Crippen LogP contribution >= 0.6 is 15.9 Å². The van der Waals surface area contributed by atoms with E-state index >= 15 is 0 Å². The van der Waals surface area contributed by atoms with Gasteiger partial charge in [0, 0.05) is 17.1 Å². The quantitative estimate of drug-likeness (QED) is 0.856. The molecule has 5 heteroatoms. The maximum atomic E-state index is 6.21. The summed E-state index contributed by atoms with van der Waals surface area (Å²) >= 11 is 3.65. The Bertz CT molecular complexity index is 544. The van der Waals surface area contributed by atoms with Crippen molar-refractivity contribution in [3.05, 3.63) is 28.7 Å². The largest absolute Gasteiger partial charge is 0.369 e. The van der Waals surface area contributed by atoms with E-state index in [1.807, 2.05) is 6.07 Å². The van der Waals surface area contributed by atoms with Gasteiger partial charge in [-0.15, -0.1) is 0 Å². The molecule has 2 aliphatic heterocycles. The van der Waals surface area contributed by atoms with Crippen molar-refractivity contribution in [1.82, 2.24) is 4.90 Å². The molecule has 1 aromatic carbocycles. The Labute approximate surface area is 128 Å². The predicted octanol–water partition coefficient (Wildman–Crippen LogP) is 2.44. The van der Waals surface area contributed by atoms with E-state index < -0.39 is 0 Å². The van der Waals surface area contributed by atoms with Crippen LogP contribution in [0.5, 0.6) is 0 Å². The van der Waals surface area contributed by atoms with Gasteiger partial charge in [-0.2, -0.15) is 0 Å². The first-order valence-electron chi connectivity index (χ1n) is 7.08. The minimum Gasteiger partial charge on any atom is -0.369 e. The van der Waals surface area contributed by atoms with E-state index in [4.69, 9.17) is 5.73 Å². The van der Waals surface area contributed by atoms with Crippen molar-refractivity contribution >= 4 is 27.6 Å². The van der Waals surface area contributed by atoms with Gasteiger partial charge in [-0.05, 0) is 54.9 Å². The van der Waals surface area contributed by atoms with Crippen LogP contribution in [0.4, 0.5) is 5.69 Å². The van der Waals surface area contributed by atoms with Gasteiger partial charge in [-0.1, -0.05) is 12.1 Å². The maximum absolute atomic E-state index is 6.21. The molecule has 3 rings (SSSR count). The van der Waals surface area contributed by atoms with Crippen LogP contribution in [0.3, 0.4) is 0 Å². The van der Waals surface area contributed by atoms with Gasteiger partial charge in [0.2, 0.25) is 0 Å². The number of nitrogens with zero attached hydrogens (tertiary/aromatic N) is 3. The highest BCUT2D eigenvalue weighted by atomic mass is 79.9. The van der Waals surface area contributed by atoms with Crippen LogP contribution in [-0.2, 0) is 0 Å². The number of piperidine rings is 1. The third-order valence-electron chi connectivity index (χ3n) is 4.69. The molecule has 1 spiro atoms. The molecule has 0 radical (unpaired) electrons. The summed E-state index contributed by atoms with van der Waals surface area (Å²) in [5.41, 5.74) is 7.38. The van der Waals surface area contributed by atoms with E-state index in [-0.39, 0.29) is 5.54 Å². The van der Waals surface area contributed by atoms with Crippen LogP contribution in [0.25, 0.3) is 0 Å². The normalized spacial score (nSPS) is 30.9. The second-order valence-corrected chi connectivity index (χ2v) is 6.82. The number of halogens is 1. The van der Waals surface area contributed by atoms with Gasteiger partial charge in [-0.3, -0.25) is 4.99 Å². The number of hydrogen-bond donors (Lipinski definition) is 1. The van der Waals surface area contributed by atoms with Crippen molar-refractivity contribution in [3.63, 3.8) is 0 Å². The SMILES string of the molecule is CC1CC2(CCN1C)CN=C(N)N2c1ccccc1Br. The summed E-state index contributed by atoms with van der Waals surface area (Å²) < 4.78 is 1.08. The monoisotopic (exact) mass is 336 g/mol. The molecule has 0 aliphatic carbocycles. The molecular formula is C15H21BrN4. The predicted molar refractivity (Wildman–Crippen MR) is 87.2 cm³/mol. The first kappa shape index (κ1) is 13.9.